The molecule has 0 spiro atoms. The molecule has 2 aromatic carbocycles. The van der Waals surface area contributed by atoms with Crippen molar-refractivity contribution in [2.45, 2.75) is 40.0 Å². The van der Waals surface area contributed by atoms with Crippen LogP contribution in [0.2, 0.25) is 0 Å². The Hall–Kier alpha value is -3.74. The molecule has 0 saturated heterocycles. The molecule has 0 saturated carbocycles. The summed E-state index contributed by atoms with van der Waals surface area (Å²) < 4.78 is 79.0. The Morgan fingerprint density at radius 2 is 1.02 bits per heavy atom. The maximum absolute atomic E-state index is 13.2. The van der Waals surface area contributed by atoms with Crippen LogP contribution in [-0.4, -0.2) is 22.7 Å². The van der Waals surface area contributed by atoms with E-state index in [1.54, 1.807) is 12.1 Å². The van der Waals surface area contributed by atoms with E-state index < -0.39 is 23.5 Å². The monoisotopic (exact) mass is 606 g/mol. The van der Waals surface area contributed by atoms with Gasteiger partial charge in [-0.2, -0.15) is 36.9 Å². The van der Waals surface area contributed by atoms with Gasteiger partial charge in [0, 0.05) is 12.8 Å². The lowest BCUT2D eigenvalue weighted by molar-refractivity contribution is -0.143. The van der Waals surface area contributed by atoms with Gasteiger partial charge >= 0.3 is 12.4 Å². The number of hydrogen-bond acceptors (Lipinski definition) is 6. The minimum Gasteiger partial charge on any atom is -0.335 e. The van der Waals surface area contributed by atoms with Crippen LogP contribution in [-0.2, 0) is 12.4 Å². The summed E-state index contributed by atoms with van der Waals surface area (Å²) in [5.74, 6) is 0.212. The highest BCUT2D eigenvalue weighted by atomic mass is 35.5. The lowest BCUT2D eigenvalue weighted by Crippen LogP contribution is -2.12. The van der Waals surface area contributed by atoms with E-state index in [0.29, 0.717) is 17.8 Å². The first-order valence-electron chi connectivity index (χ1n) is 11.5. The Labute approximate surface area is 238 Å². The zero-order valence-corrected chi connectivity index (χ0v) is 23.8. The van der Waals surface area contributed by atoms with Gasteiger partial charge in [-0.3, -0.25) is 0 Å². The molecule has 0 amide bonds. The van der Waals surface area contributed by atoms with Crippen molar-refractivity contribution in [2.75, 3.05) is 23.4 Å². The van der Waals surface area contributed by atoms with Crippen molar-refractivity contribution in [1.29, 1.82) is 10.5 Å². The van der Waals surface area contributed by atoms with Gasteiger partial charge in [0.05, 0.1) is 22.5 Å². The molecule has 4 rings (SSSR count). The van der Waals surface area contributed by atoms with Gasteiger partial charge in [0.15, 0.2) is 23.0 Å². The Balaban J connectivity index is 0.00000175. The summed E-state index contributed by atoms with van der Waals surface area (Å²) in [5, 5.41) is 23.8. The Morgan fingerprint density at radius 1 is 0.625 bits per heavy atom. The van der Waals surface area contributed by atoms with Gasteiger partial charge in [0.25, 0.3) is 0 Å². The zero-order chi connectivity index (χ0) is 31.3. The average Bonchev–Trinajstić information content (AvgIpc) is 2.98. The molecule has 0 unspecified atom stereocenters. The third-order valence-electron chi connectivity index (χ3n) is 4.55. The second kappa shape index (κ2) is 16.4. The standard InChI is InChI=1S/C20H8F6N6.2C2H6.2CH3Cl/c21-19(22,23)11-3-10(4-12(6-11)20(24,25)26)9-1-2-13-14(5-9)30-18-17(29-13)31-15(7-27)16(8-28)32-18;4*1-2/h1-6H,(H,29,31)(H,30,32);2*1-2H3;2*1H3. The first-order valence-corrected chi connectivity index (χ1v) is 13.0. The van der Waals surface area contributed by atoms with Crippen LogP contribution in [0.15, 0.2) is 36.4 Å². The minimum absolute atomic E-state index is 0.0593. The molecule has 0 bridgehead atoms. The third-order valence-corrected chi connectivity index (χ3v) is 4.55. The van der Waals surface area contributed by atoms with E-state index in [4.69, 9.17) is 10.5 Å². The molecule has 1 aliphatic heterocycles. The highest BCUT2D eigenvalue weighted by Crippen LogP contribution is 2.42. The third kappa shape index (κ3) is 8.90. The summed E-state index contributed by atoms with van der Waals surface area (Å²) >= 11 is 9.28. The number of aromatic nitrogens is 2. The normalized spacial score (nSPS) is 10.6. The maximum Gasteiger partial charge on any atom is 0.416 e. The van der Waals surface area contributed by atoms with Crippen LogP contribution >= 0.6 is 23.2 Å². The number of anilines is 4. The van der Waals surface area contributed by atoms with Crippen LogP contribution in [0, 0.1) is 22.7 Å². The van der Waals surface area contributed by atoms with Crippen LogP contribution < -0.4 is 10.6 Å². The fourth-order valence-electron chi connectivity index (χ4n) is 3.08. The van der Waals surface area contributed by atoms with Gasteiger partial charge in [-0.1, -0.05) is 33.8 Å². The molecular formula is C26H26Cl2F6N6. The Kier molecular flexibility index (Phi) is 14.9. The zero-order valence-electron chi connectivity index (χ0n) is 22.3. The molecular weight excluding hydrogens is 581 g/mol. The molecule has 40 heavy (non-hydrogen) atoms. The largest absolute Gasteiger partial charge is 0.416 e. The lowest BCUT2D eigenvalue weighted by atomic mass is 9.98. The van der Waals surface area contributed by atoms with Gasteiger partial charge in [-0.05, 0) is 41.5 Å². The summed E-state index contributed by atoms with van der Waals surface area (Å²) in [6, 6.07) is 8.90. The minimum atomic E-state index is -4.97. The van der Waals surface area contributed by atoms with E-state index in [1.807, 2.05) is 27.7 Å². The molecule has 14 heteroatoms. The first-order chi connectivity index (χ1) is 19.0. The van der Waals surface area contributed by atoms with Gasteiger partial charge in [-0.15, -0.1) is 23.2 Å². The van der Waals surface area contributed by atoms with Crippen molar-refractivity contribution >= 4 is 46.2 Å². The van der Waals surface area contributed by atoms with E-state index >= 15 is 0 Å². The van der Waals surface area contributed by atoms with Crippen molar-refractivity contribution < 1.29 is 26.3 Å². The molecule has 0 fully saturated rings. The van der Waals surface area contributed by atoms with Crippen molar-refractivity contribution in [3.05, 3.63) is 58.9 Å². The van der Waals surface area contributed by atoms with Crippen molar-refractivity contribution in [2.24, 2.45) is 0 Å². The van der Waals surface area contributed by atoms with Gasteiger partial charge in [-0.25, -0.2) is 9.97 Å². The predicted octanol–water partition coefficient (Wildman–Crippen LogP) is 9.49. The second-order valence-electron chi connectivity index (χ2n) is 6.65. The molecule has 0 atom stereocenters. The predicted molar refractivity (Wildman–Crippen MR) is 146 cm³/mol. The summed E-state index contributed by atoms with van der Waals surface area (Å²) in [6.45, 7) is 8.00. The van der Waals surface area contributed by atoms with Crippen LogP contribution in [0.4, 0.5) is 49.4 Å². The summed E-state index contributed by atoms with van der Waals surface area (Å²) in [7, 11) is 0. The van der Waals surface area contributed by atoms with Crippen molar-refractivity contribution in [3.8, 4) is 23.3 Å². The number of rotatable bonds is 1. The van der Waals surface area contributed by atoms with E-state index in [2.05, 4.69) is 43.8 Å². The number of alkyl halides is 8. The maximum atomic E-state index is 13.2. The highest BCUT2D eigenvalue weighted by molar-refractivity contribution is 6.15. The van der Waals surface area contributed by atoms with Gasteiger partial charge in [0.1, 0.15) is 12.1 Å². The Bertz CT molecular complexity index is 1310. The topological polar surface area (TPSA) is 97.4 Å². The van der Waals surface area contributed by atoms with Crippen LogP contribution in [0.3, 0.4) is 0 Å². The summed E-state index contributed by atoms with van der Waals surface area (Å²) in [5.41, 5.74) is -2.82. The number of nitrogens with one attached hydrogen (secondary N) is 2. The number of benzene rings is 2. The van der Waals surface area contributed by atoms with E-state index in [1.165, 1.54) is 31.0 Å². The molecule has 2 N–H and O–H groups in total. The fraction of sp³-hybridized carbons (Fsp3) is 0.308. The smallest absolute Gasteiger partial charge is 0.335 e. The molecule has 1 aromatic heterocycles. The number of fused-ring (bicyclic) bond motifs is 2. The van der Waals surface area contributed by atoms with Crippen molar-refractivity contribution in [3.63, 3.8) is 0 Å². The number of hydrogen-bond donors (Lipinski definition) is 2. The summed E-state index contributed by atoms with van der Waals surface area (Å²) in [4.78, 5) is 7.97. The van der Waals surface area contributed by atoms with E-state index in [0.717, 1.165) is 0 Å². The highest BCUT2D eigenvalue weighted by Gasteiger charge is 2.37. The molecule has 1 aliphatic rings. The molecule has 216 valence electrons. The van der Waals surface area contributed by atoms with E-state index in [-0.39, 0.29) is 45.9 Å². The van der Waals surface area contributed by atoms with Crippen LogP contribution in [0.5, 0.6) is 0 Å². The summed E-state index contributed by atoms with van der Waals surface area (Å²) in [6.07, 6.45) is -6.99. The van der Waals surface area contributed by atoms with Crippen LogP contribution in [0.25, 0.3) is 11.1 Å². The molecule has 3 aromatic rings. The first kappa shape index (κ1) is 36.3. The molecule has 0 aliphatic carbocycles. The number of halogens is 8. The van der Waals surface area contributed by atoms with Gasteiger partial charge < -0.3 is 10.6 Å². The fourth-order valence-corrected chi connectivity index (χ4v) is 3.08. The SMILES string of the molecule is CC.CC.CCl.CCl.N#Cc1nc2c(nc1C#N)Nc1cc(-c3cc(C(F)(F)F)cc(C(F)(F)F)c3)ccc1N2. The second-order valence-corrected chi connectivity index (χ2v) is 6.65. The molecule has 6 nitrogen and oxygen atoms in total. The number of nitrogens with zero attached hydrogens (tertiary/aromatic N) is 4. The van der Waals surface area contributed by atoms with Crippen LogP contribution in [0.1, 0.15) is 50.2 Å². The average molecular weight is 607 g/mol. The van der Waals surface area contributed by atoms with Gasteiger partial charge in [0.2, 0.25) is 0 Å². The van der Waals surface area contributed by atoms with E-state index in [9.17, 15) is 26.3 Å². The van der Waals surface area contributed by atoms with Crippen molar-refractivity contribution in [1.82, 2.24) is 9.97 Å². The molecule has 0 radical (unpaired) electrons. The quantitative estimate of drug-likeness (QED) is 0.165. The molecule has 2 heterocycles. The Morgan fingerprint density at radius 3 is 1.40 bits per heavy atom. The number of nitriles is 2. The lowest BCUT2D eigenvalue weighted by Gasteiger charge is -2.22.